The van der Waals surface area contributed by atoms with E-state index in [0.29, 0.717) is 23.0 Å². The Morgan fingerprint density at radius 2 is 1.77 bits per heavy atom. The second kappa shape index (κ2) is 8.93. The van der Waals surface area contributed by atoms with Crippen molar-refractivity contribution in [2.45, 2.75) is 52.0 Å². The van der Waals surface area contributed by atoms with Gasteiger partial charge < -0.3 is 9.47 Å². The smallest absolute Gasteiger partial charge is 0.483 e. The second-order valence-corrected chi connectivity index (χ2v) is 7.75. The molecule has 0 aliphatic heterocycles. The molecule has 0 bridgehead atoms. The quantitative estimate of drug-likeness (QED) is 0.381. The summed E-state index contributed by atoms with van der Waals surface area (Å²) in [4.78, 5) is 11.2. The van der Waals surface area contributed by atoms with Crippen molar-refractivity contribution in [3.8, 4) is 22.6 Å². The molecule has 0 saturated heterocycles. The van der Waals surface area contributed by atoms with Crippen LogP contribution in [0.25, 0.3) is 11.1 Å². The lowest BCUT2D eigenvalue weighted by Crippen LogP contribution is -2.33. The van der Waals surface area contributed by atoms with E-state index in [-0.39, 0.29) is 23.3 Å². The molecule has 3 rings (SSSR count). The van der Waals surface area contributed by atoms with E-state index >= 15 is 0 Å². The fourth-order valence-corrected chi connectivity index (χ4v) is 3.95. The van der Waals surface area contributed by atoms with Crippen LogP contribution in [0.3, 0.4) is 0 Å². The summed E-state index contributed by atoms with van der Waals surface area (Å²) in [7, 11) is 0. The molecule has 3 atom stereocenters. The maximum Gasteiger partial charge on any atom is 0.573 e. The zero-order valence-electron chi connectivity index (χ0n) is 16.8. The van der Waals surface area contributed by atoms with Crippen LogP contribution in [0.5, 0.6) is 11.5 Å². The molecule has 8 heteroatoms. The van der Waals surface area contributed by atoms with Gasteiger partial charge in [-0.15, -0.1) is 13.2 Å². The molecule has 0 aromatic heterocycles. The number of nitrogens with zero attached hydrogens (tertiary/aromatic N) is 1. The van der Waals surface area contributed by atoms with Crippen LogP contribution in [0, 0.1) is 22.0 Å². The molecule has 0 spiro atoms. The van der Waals surface area contributed by atoms with Gasteiger partial charge in [0.15, 0.2) is 5.75 Å². The van der Waals surface area contributed by atoms with Gasteiger partial charge in [0.25, 0.3) is 0 Å². The minimum Gasteiger partial charge on any atom is -0.483 e. The molecular formula is C22H24F3NO4. The number of hydrogen-bond acceptors (Lipinski definition) is 4. The van der Waals surface area contributed by atoms with Gasteiger partial charge in [-0.2, -0.15) is 0 Å². The predicted octanol–water partition coefficient (Wildman–Crippen LogP) is 6.75. The van der Waals surface area contributed by atoms with E-state index in [2.05, 4.69) is 18.6 Å². The fourth-order valence-electron chi connectivity index (χ4n) is 3.95. The normalized spacial score (nSPS) is 21.8. The lowest BCUT2D eigenvalue weighted by Gasteiger charge is -2.34. The molecule has 0 heterocycles. The molecule has 0 amide bonds. The number of nitro groups is 1. The van der Waals surface area contributed by atoms with Crippen molar-refractivity contribution in [2.24, 2.45) is 11.8 Å². The highest BCUT2D eigenvalue weighted by Crippen LogP contribution is 2.38. The van der Waals surface area contributed by atoms with E-state index in [1.54, 1.807) is 12.1 Å². The van der Waals surface area contributed by atoms with Gasteiger partial charge in [-0.3, -0.25) is 10.1 Å². The minimum absolute atomic E-state index is 0.0675. The Morgan fingerprint density at radius 3 is 2.37 bits per heavy atom. The second-order valence-electron chi connectivity index (χ2n) is 7.75. The number of benzene rings is 2. The van der Waals surface area contributed by atoms with Crippen LogP contribution in [-0.2, 0) is 0 Å². The lowest BCUT2D eigenvalue weighted by atomic mass is 9.79. The largest absolute Gasteiger partial charge is 0.573 e. The van der Waals surface area contributed by atoms with Crippen molar-refractivity contribution in [3.63, 3.8) is 0 Å². The van der Waals surface area contributed by atoms with Gasteiger partial charge in [0, 0.05) is 6.07 Å². The molecular weight excluding hydrogens is 399 g/mol. The third kappa shape index (κ3) is 5.43. The summed E-state index contributed by atoms with van der Waals surface area (Å²) in [6, 6.07) is 9.84. The van der Waals surface area contributed by atoms with Gasteiger partial charge in [0.2, 0.25) is 0 Å². The predicted molar refractivity (Wildman–Crippen MR) is 106 cm³/mol. The van der Waals surface area contributed by atoms with Crippen LogP contribution in [0.1, 0.15) is 39.5 Å². The Hall–Kier alpha value is -2.77. The molecule has 1 aliphatic carbocycles. The fraction of sp³-hybridized carbons (Fsp3) is 0.455. The van der Waals surface area contributed by atoms with Gasteiger partial charge in [0.05, 0.1) is 4.92 Å². The maximum absolute atomic E-state index is 12.3. The van der Waals surface area contributed by atoms with Crippen LogP contribution >= 0.6 is 0 Å². The molecule has 0 N–H and O–H groups in total. The van der Waals surface area contributed by atoms with Crippen LogP contribution in [0.15, 0.2) is 42.5 Å². The van der Waals surface area contributed by atoms with Crippen molar-refractivity contribution in [3.05, 3.63) is 52.6 Å². The molecule has 1 saturated carbocycles. The van der Waals surface area contributed by atoms with E-state index in [1.165, 1.54) is 30.3 Å². The van der Waals surface area contributed by atoms with Gasteiger partial charge in [-0.25, -0.2) is 0 Å². The van der Waals surface area contributed by atoms with E-state index in [4.69, 9.17) is 4.74 Å². The molecule has 2 aromatic rings. The summed E-state index contributed by atoms with van der Waals surface area (Å²) >= 11 is 0. The van der Waals surface area contributed by atoms with Gasteiger partial charge in [-0.05, 0) is 60.4 Å². The highest BCUT2D eigenvalue weighted by molar-refractivity contribution is 5.69. The van der Waals surface area contributed by atoms with Crippen molar-refractivity contribution >= 4 is 5.69 Å². The summed E-state index contributed by atoms with van der Waals surface area (Å²) in [6.07, 6.45) is -0.851. The zero-order chi connectivity index (χ0) is 21.9. The third-order valence-corrected chi connectivity index (χ3v) is 5.57. The summed E-state index contributed by atoms with van der Waals surface area (Å²) in [5, 5.41) is 11.7. The van der Waals surface area contributed by atoms with Gasteiger partial charge >= 0.3 is 12.0 Å². The summed E-state index contributed by atoms with van der Waals surface area (Å²) in [5.41, 5.74) is 0.893. The summed E-state index contributed by atoms with van der Waals surface area (Å²) in [6.45, 7) is 4.26. The molecule has 30 heavy (non-hydrogen) atoms. The Balaban J connectivity index is 1.84. The van der Waals surface area contributed by atoms with Crippen molar-refractivity contribution < 1.29 is 27.6 Å². The number of halogens is 3. The molecule has 0 unspecified atom stereocenters. The Morgan fingerprint density at radius 1 is 1.10 bits per heavy atom. The molecule has 1 fully saturated rings. The first-order valence-electron chi connectivity index (χ1n) is 9.97. The SMILES string of the molecule is CC[C@@H]1CC[C@@H](C)C[C@H]1Oc1ccc(-c2ccc(OC(F)(F)F)cc2)cc1[N+](=O)[O-]. The first-order chi connectivity index (χ1) is 14.2. The zero-order valence-corrected chi connectivity index (χ0v) is 16.8. The van der Waals surface area contributed by atoms with E-state index < -0.39 is 11.3 Å². The van der Waals surface area contributed by atoms with Crippen molar-refractivity contribution in [2.75, 3.05) is 0 Å². The van der Waals surface area contributed by atoms with E-state index in [9.17, 15) is 23.3 Å². The first-order valence-corrected chi connectivity index (χ1v) is 9.97. The maximum atomic E-state index is 12.3. The minimum atomic E-state index is -4.77. The highest BCUT2D eigenvalue weighted by atomic mass is 19.4. The van der Waals surface area contributed by atoms with Crippen LogP contribution in [0.2, 0.25) is 0 Å². The topological polar surface area (TPSA) is 61.6 Å². The van der Waals surface area contributed by atoms with E-state index in [1.807, 2.05) is 0 Å². The number of nitro benzene ring substituents is 1. The van der Waals surface area contributed by atoms with Gasteiger partial charge in [-0.1, -0.05) is 38.5 Å². The molecule has 0 radical (unpaired) electrons. The Labute approximate surface area is 173 Å². The average molecular weight is 423 g/mol. The van der Waals surface area contributed by atoms with E-state index in [0.717, 1.165) is 25.7 Å². The number of alkyl halides is 3. The Kier molecular flexibility index (Phi) is 6.53. The molecule has 162 valence electrons. The van der Waals surface area contributed by atoms with Crippen LogP contribution in [0.4, 0.5) is 18.9 Å². The average Bonchev–Trinajstić information content (AvgIpc) is 2.68. The molecule has 2 aromatic carbocycles. The van der Waals surface area contributed by atoms with Crippen molar-refractivity contribution in [1.29, 1.82) is 0 Å². The summed E-state index contributed by atoms with van der Waals surface area (Å²) < 4.78 is 46.9. The highest BCUT2D eigenvalue weighted by Gasteiger charge is 2.32. The molecule has 5 nitrogen and oxygen atoms in total. The van der Waals surface area contributed by atoms with Gasteiger partial charge in [0.1, 0.15) is 11.9 Å². The lowest BCUT2D eigenvalue weighted by molar-refractivity contribution is -0.386. The number of hydrogen-bond donors (Lipinski definition) is 0. The Bertz CT molecular complexity index is 883. The third-order valence-electron chi connectivity index (χ3n) is 5.57. The standard InChI is InChI=1S/C22H24F3NO4/c1-3-15-5-4-14(2)12-21(15)29-20-11-8-17(13-19(20)26(27)28)16-6-9-18(10-7-16)30-22(23,24)25/h6-11,13-15,21H,3-5,12H2,1-2H3/t14-,15-,21-/m1/s1. The first kappa shape index (κ1) is 21.9. The molecule has 1 aliphatic rings. The van der Waals surface area contributed by atoms with Crippen molar-refractivity contribution in [1.82, 2.24) is 0 Å². The summed E-state index contributed by atoms with van der Waals surface area (Å²) in [5.74, 6) is 0.742. The monoisotopic (exact) mass is 423 g/mol. The number of rotatable bonds is 6. The number of ether oxygens (including phenoxy) is 2. The van der Waals surface area contributed by atoms with Crippen LogP contribution < -0.4 is 9.47 Å². The van der Waals surface area contributed by atoms with Crippen LogP contribution in [-0.4, -0.2) is 17.4 Å².